The van der Waals surface area contributed by atoms with Crippen molar-refractivity contribution in [2.24, 2.45) is 0 Å². The van der Waals surface area contributed by atoms with Crippen LogP contribution in [-0.2, 0) is 4.79 Å². The Labute approximate surface area is 141 Å². The molecular formula is C18H35NO2S. The summed E-state index contributed by atoms with van der Waals surface area (Å²) >= 11 is 1.75. The van der Waals surface area contributed by atoms with Gasteiger partial charge in [0.25, 0.3) is 0 Å². The van der Waals surface area contributed by atoms with Gasteiger partial charge in [0.2, 0.25) is 0 Å². The summed E-state index contributed by atoms with van der Waals surface area (Å²) < 4.78 is 0. The molecule has 1 fully saturated rings. The predicted molar refractivity (Wildman–Crippen MR) is 96.5 cm³/mol. The van der Waals surface area contributed by atoms with Gasteiger partial charge in [-0.05, 0) is 13.0 Å². The minimum Gasteiger partial charge on any atom is -0.480 e. The van der Waals surface area contributed by atoms with Gasteiger partial charge in [0, 0.05) is 11.6 Å². The predicted octanol–water partition coefficient (Wildman–Crippen LogP) is 5.15. The number of carboxylic acid groups (broad SMARTS) is 1. The molecule has 130 valence electrons. The Morgan fingerprint density at radius 2 is 1.45 bits per heavy atom. The Morgan fingerprint density at radius 1 is 0.955 bits per heavy atom. The first-order valence-electron chi connectivity index (χ1n) is 9.30. The van der Waals surface area contributed by atoms with Gasteiger partial charge in [0.1, 0.15) is 6.04 Å². The maximum atomic E-state index is 11.1. The van der Waals surface area contributed by atoms with Gasteiger partial charge in [0.05, 0.1) is 0 Å². The maximum Gasteiger partial charge on any atom is 0.321 e. The van der Waals surface area contributed by atoms with Crippen LogP contribution in [0.1, 0.15) is 84.0 Å². The average molecular weight is 330 g/mol. The van der Waals surface area contributed by atoms with E-state index in [0.717, 1.165) is 24.6 Å². The normalized spacial score (nSPS) is 18.9. The van der Waals surface area contributed by atoms with Crippen molar-refractivity contribution < 1.29 is 9.90 Å². The van der Waals surface area contributed by atoms with Crippen LogP contribution >= 0.6 is 11.8 Å². The zero-order chi connectivity index (χ0) is 16.0. The molecular weight excluding hydrogens is 294 g/mol. The molecule has 1 aliphatic rings. The van der Waals surface area contributed by atoms with Crippen LogP contribution < -0.4 is 0 Å². The Bertz CT molecular complexity index is 286. The zero-order valence-corrected chi connectivity index (χ0v) is 15.2. The van der Waals surface area contributed by atoms with Gasteiger partial charge >= 0.3 is 5.97 Å². The van der Waals surface area contributed by atoms with Crippen molar-refractivity contribution in [3.8, 4) is 0 Å². The van der Waals surface area contributed by atoms with Gasteiger partial charge < -0.3 is 5.11 Å². The highest BCUT2D eigenvalue weighted by Crippen LogP contribution is 2.21. The van der Waals surface area contributed by atoms with Gasteiger partial charge in [-0.2, -0.15) is 0 Å². The van der Waals surface area contributed by atoms with Crippen LogP contribution in [0.3, 0.4) is 0 Å². The van der Waals surface area contributed by atoms with E-state index >= 15 is 0 Å². The van der Waals surface area contributed by atoms with Crippen LogP contribution in [0, 0.1) is 0 Å². The smallest absolute Gasteiger partial charge is 0.321 e. The fourth-order valence-corrected chi connectivity index (χ4v) is 4.31. The van der Waals surface area contributed by atoms with E-state index in [1.165, 1.54) is 70.6 Å². The van der Waals surface area contributed by atoms with Crippen molar-refractivity contribution >= 4 is 17.7 Å². The van der Waals surface area contributed by atoms with Gasteiger partial charge in [-0.25, -0.2) is 0 Å². The van der Waals surface area contributed by atoms with Gasteiger partial charge in [-0.1, -0.05) is 77.6 Å². The highest BCUT2D eigenvalue weighted by atomic mass is 32.2. The average Bonchev–Trinajstić information content (AvgIpc) is 2.97. The Balaban J connectivity index is 1.83. The van der Waals surface area contributed by atoms with Gasteiger partial charge in [-0.3, -0.25) is 9.69 Å². The number of carbonyl (C=O) groups is 1. The van der Waals surface area contributed by atoms with Gasteiger partial charge in [0.15, 0.2) is 0 Å². The molecule has 1 N–H and O–H groups in total. The van der Waals surface area contributed by atoms with E-state index in [9.17, 15) is 4.79 Å². The summed E-state index contributed by atoms with van der Waals surface area (Å²) in [5, 5.41) is 9.12. The molecule has 0 aromatic heterocycles. The zero-order valence-electron chi connectivity index (χ0n) is 14.4. The molecule has 1 atom stereocenters. The standard InChI is InChI=1S/C18H35NO2S/c1-2-3-4-5-6-7-8-9-10-11-12-13-14-19-16-22-15-17(19)18(20)21/h17H,2-16H2,1H3,(H,20,21)/t17-/m0/s1. The highest BCUT2D eigenvalue weighted by Gasteiger charge is 2.30. The number of rotatable bonds is 14. The van der Waals surface area contributed by atoms with Crippen molar-refractivity contribution in [2.75, 3.05) is 18.2 Å². The lowest BCUT2D eigenvalue weighted by Gasteiger charge is -2.19. The first-order chi connectivity index (χ1) is 10.8. The molecule has 22 heavy (non-hydrogen) atoms. The summed E-state index contributed by atoms with van der Waals surface area (Å²) in [4.78, 5) is 13.2. The number of unbranched alkanes of at least 4 members (excludes halogenated alkanes) is 11. The number of aliphatic carboxylic acids is 1. The molecule has 0 aliphatic carbocycles. The number of carboxylic acids is 1. The topological polar surface area (TPSA) is 40.5 Å². The lowest BCUT2D eigenvalue weighted by atomic mass is 10.1. The summed E-state index contributed by atoms with van der Waals surface area (Å²) in [6, 6.07) is -0.238. The van der Waals surface area contributed by atoms with E-state index in [1.54, 1.807) is 11.8 Å². The molecule has 1 saturated heterocycles. The molecule has 3 nitrogen and oxygen atoms in total. The van der Waals surface area contributed by atoms with Crippen LogP contribution in [0.15, 0.2) is 0 Å². The van der Waals surface area contributed by atoms with E-state index in [4.69, 9.17) is 5.11 Å². The summed E-state index contributed by atoms with van der Waals surface area (Å²) in [5.41, 5.74) is 0. The minimum atomic E-state index is -0.649. The van der Waals surface area contributed by atoms with Crippen LogP contribution in [0.4, 0.5) is 0 Å². The second-order valence-corrected chi connectivity index (χ2v) is 7.56. The molecule has 0 aromatic carbocycles. The number of hydrogen-bond donors (Lipinski definition) is 1. The van der Waals surface area contributed by atoms with E-state index in [0.29, 0.717) is 0 Å². The number of hydrogen-bond acceptors (Lipinski definition) is 3. The molecule has 1 aliphatic heterocycles. The van der Waals surface area contributed by atoms with Crippen LogP contribution in [0.2, 0.25) is 0 Å². The molecule has 4 heteroatoms. The molecule has 0 amide bonds. The molecule has 0 radical (unpaired) electrons. The molecule has 0 saturated carbocycles. The number of thioether (sulfide) groups is 1. The van der Waals surface area contributed by atoms with Crippen LogP contribution in [0.25, 0.3) is 0 Å². The third kappa shape index (κ3) is 9.04. The highest BCUT2D eigenvalue weighted by molar-refractivity contribution is 7.99. The van der Waals surface area contributed by atoms with Gasteiger partial charge in [-0.15, -0.1) is 11.8 Å². The van der Waals surface area contributed by atoms with Crippen molar-refractivity contribution in [3.63, 3.8) is 0 Å². The van der Waals surface area contributed by atoms with Crippen molar-refractivity contribution in [3.05, 3.63) is 0 Å². The van der Waals surface area contributed by atoms with Crippen LogP contribution in [0.5, 0.6) is 0 Å². The van der Waals surface area contributed by atoms with E-state index in [2.05, 4.69) is 11.8 Å². The molecule has 0 unspecified atom stereocenters. The largest absolute Gasteiger partial charge is 0.480 e. The van der Waals surface area contributed by atoms with E-state index in [1.807, 2.05) is 0 Å². The fourth-order valence-electron chi connectivity index (χ4n) is 3.08. The summed E-state index contributed by atoms with van der Waals surface area (Å²) in [6.45, 7) is 3.23. The summed E-state index contributed by atoms with van der Waals surface area (Å²) in [6.07, 6.45) is 16.3. The lowest BCUT2D eigenvalue weighted by molar-refractivity contribution is -0.141. The Kier molecular flexibility index (Phi) is 11.9. The quantitative estimate of drug-likeness (QED) is 0.448. The maximum absolute atomic E-state index is 11.1. The third-order valence-electron chi connectivity index (χ3n) is 4.56. The summed E-state index contributed by atoms with van der Waals surface area (Å²) in [7, 11) is 0. The molecule has 0 spiro atoms. The number of nitrogens with zero attached hydrogens (tertiary/aromatic N) is 1. The third-order valence-corrected chi connectivity index (χ3v) is 5.62. The van der Waals surface area contributed by atoms with E-state index in [-0.39, 0.29) is 6.04 Å². The Hall–Kier alpha value is -0.220. The lowest BCUT2D eigenvalue weighted by Crippen LogP contribution is -2.38. The second-order valence-electron chi connectivity index (χ2n) is 6.56. The summed E-state index contributed by atoms with van der Waals surface area (Å²) in [5.74, 6) is 1.01. The van der Waals surface area contributed by atoms with Crippen LogP contribution in [-0.4, -0.2) is 40.2 Å². The molecule has 0 bridgehead atoms. The van der Waals surface area contributed by atoms with E-state index < -0.39 is 5.97 Å². The first kappa shape index (κ1) is 19.8. The molecule has 1 heterocycles. The van der Waals surface area contributed by atoms with Crippen molar-refractivity contribution in [1.82, 2.24) is 4.90 Å². The molecule has 1 rings (SSSR count). The fraction of sp³-hybridized carbons (Fsp3) is 0.944. The SMILES string of the molecule is CCCCCCCCCCCCCCN1CSC[C@H]1C(=O)O. The monoisotopic (exact) mass is 329 g/mol. The van der Waals surface area contributed by atoms with Crippen molar-refractivity contribution in [1.29, 1.82) is 0 Å². The Morgan fingerprint density at radius 3 is 1.95 bits per heavy atom. The molecule has 0 aromatic rings. The first-order valence-corrected chi connectivity index (χ1v) is 10.5. The minimum absolute atomic E-state index is 0.238. The van der Waals surface area contributed by atoms with Crippen molar-refractivity contribution in [2.45, 2.75) is 90.0 Å². The second kappa shape index (κ2) is 13.2.